The first kappa shape index (κ1) is 25.2. The van der Waals surface area contributed by atoms with E-state index < -0.39 is 58.2 Å². The fourth-order valence-electron chi connectivity index (χ4n) is 4.70. The first-order valence-electron chi connectivity index (χ1n) is 9.81. The van der Waals surface area contributed by atoms with E-state index in [1.165, 1.54) is 0 Å². The molecule has 0 aromatic heterocycles. The molecule has 1 spiro atoms. The number of esters is 2. The second kappa shape index (κ2) is 8.65. The minimum Gasteiger partial charge on any atom is -0.743 e. The van der Waals surface area contributed by atoms with Crippen LogP contribution in [0.5, 0.6) is 5.75 Å². The summed E-state index contributed by atoms with van der Waals surface area (Å²) in [7, 11) is -6.18. The zero-order valence-corrected chi connectivity index (χ0v) is 21.7. The molecule has 4 rings (SSSR count). The monoisotopic (exact) mass is 715 g/mol. The number of benzene rings is 1. The highest BCUT2D eigenvalue weighted by Gasteiger charge is 2.63. The molecule has 1 aliphatic heterocycles. The van der Waals surface area contributed by atoms with Crippen LogP contribution in [0, 0.1) is 24.9 Å². The number of ether oxygens (including phenoxy) is 3. The highest BCUT2D eigenvalue weighted by molar-refractivity contribution is 14.1. The van der Waals surface area contributed by atoms with E-state index in [1.54, 1.807) is 6.07 Å². The summed E-state index contributed by atoms with van der Waals surface area (Å²) in [4.78, 5) is 25.1. The number of hydrogen-bond acceptors (Lipinski definition) is 8. The lowest BCUT2D eigenvalue weighted by Crippen LogP contribution is -2.50. The van der Waals surface area contributed by atoms with Crippen molar-refractivity contribution in [3.8, 4) is 5.75 Å². The Hall–Kier alpha value is -0.880. The van der Waals surface area contributed by atoms with E-state index in [0.717, 1.165) is 7.14 Å². The summed E-state index contributed by atoms with van der Waals surface area (Å²) in [5, 5.41) is -5.10. The van der Waals surface area contributed by atoms with Crippen molar-refractivity contribution in [3.63, 3.8) is 0 Å². The summed E-state index contributed by atoms with van der Waals surface area (Å²) >= 11 is 4.14. The Balaban J connectivity index is 1.37. The van der Waals surface area contributed by atoms with Crippen LogP contribution in [-0.2, 0) is 24.4 Å². The summed E-state index contributed by atoms with van der Waals surface area (Å²) in [6.45, 7) is -0.805. The first-order chi connectivity index (χ1) is 15.3. The van der Waals surface area contributed by atoms with Crippen LogP contribution in [-0.4, -0.2) is 48.7 Å². The van der Waals surface area contributed by atoms with Gasteiger partial charge in [0.15, 0.2) is 16.3 Å². The van der Waals surface area contributed by atoms with Crippen molar-refractivity contribution >= 4 is 67.2 Å². The van der Waals surface area contributed by atoms with Crippen LogP contribution in [0.25, 0.3) is 0 Å². The third kappa shape index (κ3) is 4.32. The molecule has 182 valence electrons. The van der Waals surface area contributed by atoms with Crippen LogP contribution in [0.15, 0.2) is 12.1 Å². The first-order valence-corrected chi connectivity index (χ1v) is 13.4. The maximum absolute atomic E-state index is 13.5. The zero-order chi connectivity index (χ0) is 24.3. The predicted molar refractivity (Wildman–Crippen MR) is 120 cm³/mol. The number of carbonyl (C=O) groups is 2. The van der Waals surface area contributed by atoms with Crippen molar-refractivity contribution in [1.82, 2.24) is 0 Å². The largest absolute Gasteiger partial charge is 0.743 e. The lowest BCUT2D eigenvalue weighted by molar-refractivity contribution is -0.193. The van der Waals surface area contributed by atoms with Crippen LogP contribution >= 0.6 is 45.2 Å². The third-order valence-corrected chi connectivity index (χ3v) is 10.3. The molecular weight excluding hydrogens is 699 g/mol. The summed E-state index contributed by atoms with van der Waals surface area (Å²) in [6.07, 6.45) is -3.42. The fourth-order valence-corrected chi connectivity index (χ4v) is 6.24. The maximum Gasteiger partial charge on any atom is 0.364 e. The van der Waals surface area contributed by atoms with E-state index in [1.807, 2.05) is 28.7 Å². The van der Waals surface area contributed by atoms with Crippen molar-refractivity contribution < 1.29 is 49.9 Å². The van der Waals surface area contributed by atoms with Crippen molar-refractivity contribution in [3.05, 3.63) is 24.8 Å². The van der Waals surface area contributed by atoms with E-state index in [9.17, 15) is 35.7 Å². The summed E-state index contributed by atoms with van der Waals surface area (Å²) < 4.78 is 89.6. The minimum atomic E-state index is -6.18. The zero-order valence-electron chi connectivity index (χ0n) is 16.6. The predicted octanol–water partition coefficient (Wildman–Crippen LogP) is 3.60. The molecule has 2 saturated carbocycles. The molecule has 2 fully saturated rings. The molecular formula is C19H16F3I2O8S-. The Morgan fingerprint density at radius 2 is 2.00 bits per heavy atom. The summed E-state index contributed by atoms with van der Waals surface area (Å²) in [5.41, 5.74) is 0.351. The second-order valence-electron chi connectivity index (χ2n) is 8.22. The van der Waals surface area contributed by atoms with Gasteiger partial charge in [-0.1, -0.05) is 0 Å². The Morgan fingerprint density at radius 3 is 2.61 bits per heavy atom. The van der Waals surface area contributed by atoms with E-state index >= 15 is 0 Å². The number of rotatable bonds is 6. The molecule has 1 aromatic carbocycles. The number of hydrogen-bond donors (Lipinski definition) is 0. The molecule has 3 aliphatic rings. The van der Waals surface area contributed by atoms with Gasteiger partial charge in [0, 0.05) is 25.9 Å². The van der Waals surface area contributed by atoms with E-state index in [-0.39, 0.29) is 24.7 Å². The van der Waals surface area contributed by atoms with Crippen molar-refractivity contribution in [2.24, 2.45) is 17.8 Å². The van der Waals surface area contributed by atoms with Gasteiger partial charge in [-0.3, -0.25) is 4.79 Å². The van der Waals surface area contributed by atoms with Gasteiger partial charge in [0.05, 0.1) is 12.5 Å². The lowest BCUT2D eigenvalue weighted by Gasteiger charge is -2.41. The van der Waals surface area contributed by atoms with Gasteiger partial charge in [0.2, 0.25) is 0 Å². The second-order valence-corrected chi connectivity index (χ2v) is 11.9. The Labute approximate surface area is 213 Å². The van der Waals surface area contributed by atoms with Gasteiger partial charge >= 0.3 is 17.2 Å². The smallest absolute Gasteiger partial charge is 0.364 e. The average molecular weight is 715 g/mol. The van der Waals surface area contributed by atoms with Crippen molar-refractivity contribution in [2.75, 3.05) is 6.61 Å². The molecule has 14 heteroatoms. The van der Waals surface area contributed by atoms with E-state index in [2.05, 4.69) is 22.6 Å². The molecule has 0 amide bonds. The Kier molecular flexibility index (Phi) is 6.61. The summed E-state index contributed by atoms with van der Waals surface area (Å²) in [5.74, 6) is -3.22. The van der Waals surface area contributed by atoms with Crippen LogP contribution in [0.4, 0.5) is 13.2 Å². The Morgan fingerprint density at radius 1 is 1.30 bits per heavy atom. The molecule has 2 aliphatic carbocycles. The molecule has 0 radical (unpaired) electrons. The molecule has 5 unspecified atom stereocenters. The summed E-state index contributed by atoms with van der Waals surface area (Å²) in [6, 6.07) is 3.52. The van der Waals surface area contributed by atoms with Crippen molar-refractivity contribution in [1.29, 1.82) is 0 Å². The molecule has 1 heterocycles. The average Bonchev–Trinajstić information content (AvgIpc) is 3.27. The molecule has 5 atom stereocenters. The lowest BCUT2D eigenvalue weighted by atomic mass is 9.84. The Bertz CT molecular complexity index is 1110. The fraction of sp³-hybridized carbons (Fsp3) is 0.579. The standard InChI is InChI=1S/C19H17F3I2O8S/c20-13(19(21,22)33(27,28)29)3-4-30-16(25)10-6-9-5-8(10)7-18(9)31-12-2-1-11(23)15(24)14(12)17(26)32-18/h1-2,8-10,13H,3-7H2,(H,27,28,29)/p-1. The number of alkyl halides is 3. The highest BCUT2D eigenvalue weighted by Crippen LogP contribution is 2.58. The third-order valence-electron chi connectivity index (χ3n) is 6.29. The van der Waals surface area contributed by atoms with Gasteiger partial charge in [-0.05, 0) is 76.1 Å². The molecule has 8 nitrogen and oxygen atoms in total. The SMILES string of the molecule is O=C1OC2(CC3CC2CC3C(=O)OCCC(F)C(F)(F)S(=O)(=O)[O-])Oc2ccc(I)c(I)c21. The number of carbonyl (C=O) groups excluding carboxylic acids is 2. The number of halogens is 5. The van der Waals surface area contributed by atoms with Crippen LogP contribution < -0.4 is 4.74 Å². The molecule has 33 heavy (non-hydrogen) atoms. The van der Waals surface area contributed by atoms with Crippen LogP contribution in [0.2, 0.25) is 0 Å². The van der Waals surface area contributed by atoms with Gasteiger partial charge in [-0.25, -0.2) is 17.6 Å². The molecule has 1 aromatic rings. The van der Waals surface area contributed by atoms with Crippen molar-refractivity contribution in [2.45, 2.75) is 42.9 Å². The molecule has 2 bridgehead atoms. The maximum atomic E-state index is 13.5. The highest BCUT2D eigenvalue weighted by atomic mass is 127. The van der Waals surface area contributed by atoms with Gasteiger partial charge in [-0.2, -0.15) is 8.78 Å². The van der Waals surface area contributed by atoms with E-state index in [4.69, 9.17) is 14.2 Å². The normalized spacial score (nSPS) is 29.4. The quantitative estimate of drug-likeness (QED) is 0.249. The van der Waals surface area contributed by atoms with Gasteiger partial charge < -0.3 is 18.8 Å². The van der Waals surface area contributed by atoms with Crippen LogP contribution in [0.1, 0.15) is 36.0 Å². The number of fused-ring (bicyclic) bond motifs is 4. The van der Waals surface area contributed by atoms with Gasteiger partial charge in [-0.15, -0.1) is 0 Å². The topological polar surface area (TPSA) is 119 Å². The van der Waals surface area contributed by atoms with Gasteiger partial charge in [0.1, 0.15) is 11.3 Å². The molecule has 0 saturated heterocycles. The van der Waals surface area contributed by atoms with Gasteiger partial charge in [0.25, 0.3) is 5.79 Å². The minimum absolute atomic E-state index is 0.239. The van der Waals surface area contributed by atoms with E-state index in [0.29, 0.717) is 17.7 Å². The molecule has 0 N–H and O–H groups in total. The van der Waals surface area contributed by atoms with Crippen LogP contribution in [0.3, 0.4) is 0 Å².